The highest BCUT2D eigenvalue weighted by molar-refractivity contribution is 7.92. The fourth-order valence-electron chi connectivity index (χ4n) is 5.07. The van der Waals surface area contributed by atoms with Crippen LogP contribution in [0.15, 0.2) is 54.6 Å². The van der Waals surface area contributed by atoms with Gasteiger partial charge in [0.15, 0.2) is 5.82 Å². The van der Waals surface area contributed by atoms with Gasteiger partial charge in [0.1, 0.15) is 23.8 Å². The minimum absolute atomic E-state index is 0.00241. The minimum Gasteiger partial charge on any atom is -0.444 e. The second-order valence-electron chi connectivity index (χ2n) is 11.7. The molecule has 5 aromatic rings. The smallest absolute Gasteiger partial charge is 0.408 e. The van der Waals surface area contributed by atoms with Crippen molar-refractivity contribution in [1.82, 2.24) is 25.1 Å². The predicted octanol–water partition coefficient (Wildman–Crippen LogP) is 7.02. The number of alkyl carbamates (subject to hydrolysis) is 1. The van der Waals surface area contributed by atoms with Crippen LogP contribution in [0.2, 0.25) is 5.02 Å². The van der Waals surface area contributed by atoms with Crippen molar-refractivity contribution < 1.29 is 35.5 Å². The van der Waals surface area contributed by atoms with Gasteiger partial charge in [-0.05, 0) is 69.2 Å². The molecular formula is C31H29ClF4N6O4S. The summed E-state index contributed by atoms with van der Waals surface area (Å²) >= 11 is 6.51. The molecule has 0 spiro atoms. The van der Waals surface area contributed by atoms with Crippen molar-refractivity contribution >= 4 is 55.5 Å². The Hall–Kier alpha value is -4.50. The van der Waals surface area contributed by atoms with E-state index in [1.165, 1.54) is 12.1 Å². The van der Waals surface area contributed by atoms with E-state index in [4.69, 9.17) is 26.3 Å². The fourth-order valence-corrected chi connectivity index (χ4v) is 5.80. The van der Waals surface area contributed by atoms with E-state index in [1.54, 1.807) is 45.0 Å². The first kappa shape index (κ1) is 33.9. The maximum atomic E-state index is 14.3. The van der Waals surface area contributed by atoms with Gasteiger partial charge in [-0.25, -0.2) is 40.7 Å². The van der Waals surface area contributed by atoms with E-state index in [0.717, 1.165) is 23.1 Å². The molecule has 1 amide bonds. The molecule has 248 valence electrons. The van der Waals surface area contributed by atoms with Crippen LogP contribution in [0.25, 0.3) is 33.2 Å². The van der Waals surface area contributed by atoms with Crippen molar-refractivity contribution in [2.75, 3.05) is 11.0 Å². The summed E-state index contributed by atoms with van der Waals surface area (Å²) in [6, 6.07) is 11.4. The van der Waals surface area contributed by atoms with Crippen LogP contribution in [0.5, 0.6) is 0 Å². The third-order valence-electron chi connectivity index (χ3n) is 6.67. The number of carbonyl (C=O) groups excluding carboxylic acids is 1. The summed E-state index contributed by atoms with van der Waals surface area (Å²) < 4.78 is 89.2. The number of amides is 1. The number of rotatable bonds is 9. The molecule has 0 bridgehead atoms. The lowest BCUT2D eigenvalue weighted by molar-refractivity contribution is 0.0502. The Kier molecular flexibility index (Phi) is 9.33. The Labute approximate surface area is 272 Å². The van der Waals surface area contributed by atoms with Crippen LogP contribution >= 0.6 is 11.6 Å². The van der Waals surface area contributed by atoms with Gasteiger partial charge in [-0.15, -0.1) is 0 Å². The lowest BCUT2D eigenvalue weighted by atomic mass is 9.97. The third-order valence-corrected chi connectivity index (χ3v) is 7.55. The van der Waals surface area contributed by atoms with Gasteiger partial charge in [0, 0.05) is 11.6 Å². The number of anilines is 1. The third kappa shape index (κ3) is 8.08. The fraction of sp³-hybridized carbons (Fsp3) is 0.290. The SMILES string of the molecule is CC(C)(C)OC(=O)NC(Cc1cc(F)cc(F)c1)c1nc2ccccc2nc1-c1ccc(Cl)c2c(NS(C)(=O)=O)nn(CC(F)F)c12. The van der Waals surface area contributed by atoms with Crippen molar-refractivity contribution in [3.63, 3.8) is 0 Å². The van der Waals surface area contributed by atoms with E-state index < -0.39 is 52.4 Å². The highest BCUT2D eigenvalue weighted by atomic mass is 35.5. The number of sulfonamides is 1. The first-order valence-corrected chi connectivity index (χ1v) is 16.4. The molecule has 0 fully saturated rings. The summed E-state index contributed by atoms with van der Waals surface area (Å²) in [5, 5.41) is 6.86. The first-order valence-electron chi connectivity index (χ1n) is 14.1. The van der Waals surface area contributed by atoms with Crippen molar-refractivity contribution in [2.45, 2.75) is 51.8 Å². The Bertz CT molecular complexity index is 2080. The van der Waals surface area contributed by atoms with E-state index in [1.807, 2.05) is 0 Å². The van der Waals surface area contributed by atoms with Crippen LogP contribution in [0.3, 0.4) is 0 Å². The highest BCUT2D eigenvalue weighted by Gasteiger charge is 2.29. The number of para-hydroxylation sites is 2. The zero-order valence-electron chi connectivity index (χ0n) is 25.5. The molecule has 16 heteroatoms. The van der Waals surface area contributed by atoms with Crippen molar-refractivity contribution in [1.29, 1.82) is 0 Å². The first-order chi connectivity index (χ1) is 22.0. The monoisotopic (exact) mass is 692 g/mol. The van der Waals surface area contributed by atoms with Gasteiger partial charge in [-0.1, -0.05) is 23.7 Å². The molecule has 0 aliphatic heterocycles. The normalized spacial score (nSPS) is 12.9. The molecule has 3 aromatic carbocycles. The summed E-state index contributed by atoms with van der Waals surface area (Å²) in [5.74, 6) is -1.98. The highest BCUT2D eigenvalue weighted by Crippen LogP contribution is 2.40. The maximum Gasteiger partial charge on any atom is 0.408 e. The number of benzene rings is 3. The summed E-state index contributed by atoms with van der Waals surface area (Å²) in [6.07, 6.45) is -3.09. The molecule has 2 heterocycles. The van der Waals surface area contributed by atoms with Crippen LogP contribution in [0, 0.1) is 11.6 Å². The largest absolute Gasteiger partial charge is 0.444 e. The molecule has 1 unspecified atom stereocenters. The number of alkyl halides is 2. The van der Waals surface area contributed by atoms with Gasteiger partial charge in [-0.3, -0.25) is 9.40 Å². The van der Waals surface area contributed by atoms with E-state index >= 15 is 0 Å². The van der Waals surface area contributed by atoms with Crippen molar-refractivity contribution in [3.05, 3.63) is 82.5 Å². The maximum absolute atomic E-state index is 14.3. The second-order valence-corrected chi connectivity index (χ2v) is 13.9. The number of hydrogen-bond donors (Lipinski definition) is 2. The van der Waals surface area contributed by atoms with Gasteiger partial charge in [0.25, 0.3) is 6.43 Å². The molecular weight excluding hydrogens is 664 g/mol. The lowest BCUT2D eigenvalue weighted by Gasteiger charge is -2.25. The Morgan fingerprint density at radius 1 is 1.02 bits per heavy atom. The molecule has 2 aromatic heterocycles. The molecule has 0 saturated carbocycles. The van der Waals surface area contributed by atoms with E-state index in [2.05, 4.69) is 15.1 Å². The zero-order valence-corrected chi connectivity index (χ0v) is 27.1. The average molecular weight is 693 g/mol. The topological polar surface area (TPSA) is 128 Å². The Morgan fingerprint density at radius 3 is 2.26 bits per heavy atom. The van der Waals surface area contributed by atoms with Crippen molar-refractivity contribution in [3.8, 4) is 11.3 Å². The van der Waals surface area contributed by atoms with E-state index in [-0.39, 0.29) is 50.7 Å². The number of carbonyl (C=O) groups is 1. The molecule has 10 nitrogen and oxygen atoms in total. The standard InChI is InChI=1S/C31H29ClF4N6O4S/c1-31(2,3)46-30(43)39-23(13-16-11-17(33)14-18(34)12-16)27-26(37-21-7-5-6-8-22(21)38-27)19-9-10-20(32)25-28(19)42(15-24(35)36)40-29(25)41-47(4,44)45/h5-12,14,23-24H,13,15H2,1-4H3,(H,39,43)(H,40,41). The van der Waals surface area contributed by atoms with Crippen LogP contribution in [-0.4, -0.2) is 52.5 Å². The summed E-state index contributed by atoms with van der Waals surface area (Å²) in [7, 11) is -3.92. The van der Waals surface area contributed by atoms with Gasteiger partial charge < -0.3 is 10.1 Å². The molecule has 0 aliphatic carbocycles. The van der Waals surface area contributed by atoms with Gasteiger partial charge in [-0.2, -0.15) is 5.10 Å². The lowest BCUT2D eigenvalue weighted by Crippen LogP contribution is -2.36. The van der Waals surface area contributed by atoms with Crippen LogP contribution in [0.4, 0.5) is 28.2 Å². The number of nitrogens with one attached hydrogen (secondary N) is 2. The molecule has 47 heavy (non-hydrogen) atoms. The second kappa shape index (κ2) is 13.0. The van der Waals surface area contributed by atoms with E-state index in [0.29, 0.717) is 17.1 Å². The molecule has 5 rings (SSSR count). The van der Waals surface area contributed by atoms with Gasteiger partial charge >= 0.3 is 6.09 Å². The Morgan fingerprint density at radius 2 is 1.66 bits per heavy atom. The average Bonchev–Trinajstić information content (AvgIpc) is 3.27. The Balaban J connectivity index is 1.81. The summed E-state index contributed by atoms with van der Waals surface area (Å²) in [5.41, 5.74) is 0.347. The number of fused-ring (bicyclic) bond motifs is 2. The number of hydrogen-bond acceptors (Lipinski definition) is 7. The quantitative estimate of drug-likeness (QED) is 0.159. The van der Waals surface area contributed by atoms with E-state index in [9.17, 15) is 30.8 Å². The molecule has 2 N–H and O–H groups in total. The molecule has 0 radical (unpaired) electrons. The van der Waals surface area contributed by atoms with Crippen LogP contribution in [-0.2, 0) is 27.7 Å². The number of ether oxygens (including phenoxy) is 1. The summed E-state index contributed by atoms with van der Waals surface area (Å²) in [4.78, 5) is 22.7. The van der Waals surface area contributed by atoms with Crippen LogP contribution in [0.1, 0.15) is 38.1 Å². The van der Waals surface area contributed by atoms with Gasteiger partial charge in [0.2, 0.25) is 10.0 Å². The zero-order chi connectivity index (χ0) is 34.3. The summed E-state index contributed by atoms with van der Waals surface area (Å²) in [6.45, 7) is 4.03. The number of nitrogens with zero attached hydrogens (tertiary/aromatic N) is 4. The number of aromatic nitrogens is 4. The molecule has 0 saturated heterocycles. The van der Waals surface area contributed by atoms with Crippen molar-refractivity contribution in [2.24, 2.45) is 0 Å². The predicted molar refractivity (Wildman–Crippen MR) is 170 cm³/mol. The molecule has 0 aliphatic rings. The minimum atomic E-state index is -3.92. The van der Waals surface area contributed by atoms with Gasteiger partial charge in [0.05, 0.1) is 50.6 Å². The molecule has 1 atom stereocenters. The van der Waals surface area contributed by atoms with Crippen LogP contribution < -0.4 is 10.0 Å². The number of halogens is 5.